The third kappa shape index (κ3) is 4.67. The summed E-state index contributed by atoms with van der Waals surface area (Å²) in [6.07, 6.45) is 13.6. The van der Waals surface area contributed by atoms with Crippen molar-refractivity contribution in [2.45, 2.75) is 103 Å². The molecule has 0 amide bonds. The number of rotatable bonds is 9. The van der Waals surface area contributed by atoms with Crippen LogP contribution in [-0.4, -0.2) is 45.3 Å². The average molecular weight is 623 g/mol. The predicted molar refractivity (Wildman–Crippen MR) is 163 cm³/mol. The van der Waals surface area contributed by atoms with Crippen LogP contribution in [0.1, 0.15) is 87.5 Å². The number of aromatic nitrogens is 2. The minimum atomic E-state index is -0.764. The van der Waals surface area contributed by atoms with E-state index in [1.807, 2.05) is 6.92 Å². The molecule has 9 heteroatoms. The molecule has 4 heterocycles. The molecule has 8 nitrogen and oxygen atoms in total. The average Bonchev–Trinajstić information content (AvgIpc) is 3.64. The third-order valence-corrected chi connectivity index (χ3v) is 10.2. The number of terminal acetylenes is 1. The Morgan fingerprint density at radius 1 is 1.07 bits per heavy atom. The van der Waals surface area contributed by atoms with Gasteiger partial charge in [-0.25, -0.2) is 0 Å². The molecule has 2 aliphatic carbocycles. The SMILES string of the molecule is C#Cc1c(C)/c(=C/c2[n-]c(CC34[N-]C3(C)C(CCC(=O)O)=C4C)c(C)c2CC)[n-]/c1=C\[C@]12[N-]C1C(CC)=C2C.O=CO.[Fe+4]. The first kappa shape index (κ1) is 32.6. The van der Waals surface area contributed by atoms with E-state index in [-0.39, 0.29) is 46.6 Å². The van der Waals surface area contributed by atoms with Crippen LogP contribution in [0, 0.1) is 26.2 Å². The molecule has 0 spiro atoms. The second-order valence-electron chi connectivity index (χ2n) is 11.9. The summed E-state index contributed by atoms with van der Waals surface area (Å²) in [7, 11) is 0. The first-order valence-corrected chi connectivity index (χ1v) is 14.6. The second-order valence-corrected chi connectivity index (χ2v) is 11.9. The molecule has 0 aromatic carbocycles. The summed E-state index contributed by atoms with van der Waals surface area (Å²) in [4.78, 5) is 29.6. The molecule has 4 aliphatic rings. The van der Waals surface area contributed by atoms with Gasteiger partial charge >= 0.3 is 23.0 Å². The van der Waals surface area contributed by atoms with E-state index in [1.165, 1.54) is 33.4 Å². The Bertz CT molecular complexity index is 1740. The summed E-state index contributed by atoms with van der Waals surface area (Å²) in [5, 5.41) is 27.6. The van der Waals surface area contributed by atoms with Crippen molar-refractivity contribution in [3.05, 3.63) is 77.3 Å². The number of hydrogen-bond donors (Lipinski definition) is 2. The van der Waals surface area contributed by atoms with Gasteiger partial charge in [-0.15, -0.1) is 46.0 Å². The molecule has 2 aromatic rings. The van der Waals surface area contributed by atoms with Crippen molar-refractivity contribution in [3.8, 4) is 12.3 Å². The smallest absolute Gasteiger partial charge is 0.661 e. The molecule has 6 rings (SSSR count). The topological polar surface area (TPSA) is 131 Å². The number of fused-ring (bicyclic) bond motifs is 2. The molecule has 3 unspecified atom stereocenters. The molecule has 2 aromatic heterocycles. The Morgan fingerprint density at radius 3 is 2.28 bits per heavy atom. The number of carboxylic acid groups (broad SMARTS) is 2. The predicted octanol–water partition coefficient (Wildman–Crippen LogP) is 3.93. The molecule has 2 saturated heterocycles. The van der Waals surface area contributed by atoms with Crippen molar-refractivity contribution in [1.29, 1.82) is 0 Å². The molecular weight excluding hydrogens is 584 g/mol. The first-order chi connectivity index (χ1) is 19.9. The largest absolute Gasteiger partial charge is 4.00 e. The molecule has 0 radical (unpaired) electrons. The van der Waals surface area contributed by atoms with Crippen molar-refractivity contribution in [3.63, 3.8) is 0 Å². The second kappa shape index (κ2) is 11.3. The molecule has 0 bridgehead atoms. The maximum Gasteiger partial charge on any atom is 4.00 e. The maximum atomic E-state index is 11.1. The van der Waals surface area contributed by atoms with Crippen LogP contribution in [0.5, 0.6) is 0 Å². The van der Waals surface area contributed by atoms with Crippen LogP contribution in [-0.2, 0) is 39.5 Å². The molecule has 0 saturated carbocycles. The van der Waals surface area contributed by atoms with Crippen molar-refractivity contribution in [2.24, 2.45) is 0 Å². The molecule has 2 aliphatic heterocycles. The van der Waals surface area contributed by atoms with Crippen LogP contribution in [0.4, 0.5) is 0 Å². The Kier molecular flexibility index (Phi) is 8.60. The molecule has 2 N–H and O–H groups in total. The van der Waals surface area contributed by atoms with Crippen molar-refractivity contribution in [1.82, 2.24) is 9.97 Å². The Hall–Kier alpha value is -3.28. The molecule has 4 atom stereocenters. The zero-order chi connectivity index (χ0) is 30.8. The van der Waals surface area contributed by atoms with Gasteiger partial charge in [-0.3, -0.25) is 9.59 Å². The van der Waals surface area contributed by atoms with E-state index in [1.54, 1.807) is 0 Å². The Morgan fingerprint density at radius 2 is 1.74 bits per heavy atom. The maximum absolute atomic E-state index is 11.1. The fourth-order valence-electron chi connectivity index (χ4n) is 7.57. The number of aliphatic carboxylic acids is 1. The number of nitrogens with zero attached hydrogens (tertiary/aromatic N) is 4. The van der Waals surface area contributed by atoms with Gasteiger partial charge in [0.1, 0.15) is 0 Å². The first-order valence-electron chi connectivity index (χ1n) is 14.6. The minimum absolute atomic E-state index is 0. The zero-order valence-corrected chi connectivity index (χ0v) is 26.9. The number of carbonyl (C=O) groups is 2. The molecular formula is C34H38FeN4O4. The minimum Gasteiger partial charge on any atom is -0.661 e. The van der Waals surface area contributed by atoms with E-state index < -0.39 is 5.97 Å². The van der Waals surface area contributed by atoms with Crippen molar-refractivity contribution in [2.75, 3.05) is 0 Å². The van der Waals surface area contributed by atoms with Gasteiger partial charge in [0.15, 0.2) is 0 Å². The number of hydrogen-bond acceptors (Lipinski definition) is 2. The van der Waals surface area contributed by atoms with E-state index in [4.69, 9.17) is 42.0 Å². The third-order valence-electron chi connectivity index (χ3n) is 10.2. The normalized spacial score (nSPS) is 28.5. The Labute approximate surface area is 263 Å². The van der Waals surface area contributed by atoms with Crippen LogP contribution in [0.3, 0.4) is 0 Å². The van der Waals surface area contributed by atoms with Gasteiger partial charge in [0.25, 0.3) is 6.47 Å². The van der Waals surface area contributed by atoms with Gasteiger partial charge in [0, 0.05) is 12.0 Å². The van der Waals surface area contributed by atoms with Crippen LogP contribution in [0.15, 0.2) is 22.3 Å². The van der Waals surface area contributed by atoms with Gasteiger partial charge in [0.2, 0.25) is 0 Å². The van der Waals surface area contributed by atoms with Gasteiger partial charge < -0.3 is 30.8 Å². The molecule has 43 heavy (non-hydrogen) atoms. The zero-order valence-electron chi connectivity index (χ0n) is 25.8. The standard InChI is InChI=1S/C33H36N4O2.CH2O2.Fe/c1-9-21-18(5)27(16-33-20(7)24(12-13-29(38)39)31(33,8)37-33)35-26(21)14-25-17(4)22(10-2)28(34-25)15-32-19(6)23(11-3)30(32)36-32;2-1-3;/h2,14-15,30H,9,11-13,16H2,1,3-8H3,(H,38,39);1H,(H,2,3);/q-4;;+4/b25-14-,28-15-;;/t30?,31?,32-,33?;;/m1../s1. The summed E-state index contributed by atoms with van der Waals surface area (Å²) in [5.74, 6) is 2.12. The van der Waals surface area contributed by atoms with Crippen molar-refractivity contribution < 1.29 is 36.9 Å². The number of carboxylic acids is 1. The van der Waals surface area contributed by atoms with Gasteiger partial charge in [-0.1, -0.05) is 83.7 Å². The van der Waals surface area contributed by atoms with E-state index in [9.17, 15) is 4.79 Å². The van der Waals surface area contributed by atoms with E-state index >= 15 is 0 Å². The molecule has 2 fully saturated rings. The summed E-state index contributed by atoms with van der Waals surface area (Å²) in [6.45, 7) is 14.7. The van der Waals surface area contributed by atoms with Crippen LogP contribution >= 0.6 is 0 Å². The van der Waals surface area contributed by atoms with Crippen molar-refractivity contribution >= 4 is 24.6 Å². The van der Waals surface area contributed by atoms with Crippen LogP contribution in [0.2, 0.25) is 0 Å². The summed E-state index contributed by atoms with van der Waals surface area (Å²) in [6, 6.07) is 0.303. The van der Waals surface area contributed by atoms with Crippen LogP contribution in [0.25, 0.3) is 22.8 Å². The quantitative estimate of drug-likeness (QED) is 0.143. The molecule has 226 valence electrons. The fourth-order valence-corrected chi connectivity index (χ4v) is 7.57. The van der Waals surface area contributed by atoms with E-state index in [0.717, 1.165) is 52.5 Å². The fraction of sp³-hybridized carbons (Fsp3) is 0.471. The van der Waals surface area contributed by atoms with Gasteiger partial charge in [0.05, 0.1) is 0 Å². The summed E-state index contributed by atoms with van der Waals surface area (Å²) >= 11 is 0. The van der Waals surface area contributed by atoms with E-state index in [0.29, 0.717) is 12.5 Å². The summed E-state index contributed by atoms with van der Waals surface area (Å²) < 4.78 is 0. The van der Waals surface area contributed by atoms with Gasteiger partial charge in [-0.05, 0) is 47.0 Å². The van der Waals surface area contributed by atoms with E-state index in [2.05, 4.69) is 59.6 Å². The summed E-state index contributed by atoms with van der Waals surface area (Å²) in [5.41, 5.74) is 10.8. The van der Waals surface area contributed by atoms with Crippen LogP contribution < -0.4 is 20.7 Å². The Balaban J connectivity index is 0.00000102. The van der Waals surface area contributed by atoms with Gasteiger partial charge in [-0.2, -0.15) is 5.69 Å². The monoisotopic (exact) mass is 622 g/mol.